The Morgan fingerprint density at radius 3 is 2.58 bits per heavy atom. The minimum Gasteiger partial charge on any atom is -0.612 e. The smallest absolute Gasteiger partial charge is 0.251 e. The summed E-state index contributed by atoms with van der Waals surface area (Å²) in [6, 6.07) is 18.5. The molecule has 1 heterocycles. The van der Waals surface area contributed by atoms with Crippen LogP contribution in [0.2, 0.25) is 0 Å². The van der Waals surface area contributed by atoms with E-state index in [0.717, 1.165) is 21.8 Å². The summed E-state index contributed by atoms with van der Waals surface area (Å²) in [5.74, 6) is 1.74. The van der Waals surface area contributed by atoms with Gasteiger partial charge < -0.3 is 29.0 Å². The van der Waals surface area contributed by atoms with Crippen molar-refractivity contribution in [2.45, 2.75) is 11.4 Å². The first-order chi connectivity index (χ1) is 16.0. The first kappa shape index (κ1) is 22.8. The maximum Gasteiger partial charge on any atom is 0.251 e. The third-order valence-corrected chi connectivity index (χ3v) is 6.40. The predicted octanol–water partition coefficient (Wildman–Crippen LogP) is 3.90. The van der Waals surface area contributed by atoms with Crippen molar-refractivity contribution in [3.63, 3.8) is 0 Å². The molecule has 33 heavy (non-hydrogen) atoms. The van der Waals surface area contributed by atoms with E-state index in [2.05, 4.69) is 10.2 Å². The van der Waals surface area contributed by atoms with Gasteiger partial charge in [-0.3, -0.25) is 4.79 Å². The second-order valence-electron chi connectivity index (χ2n) is 7.48. The van der Waals surface area contributed by atoms with Crippen molar-refractivity contribution in [1.82, 2.24) is 5.32 Å². The number of anilines is 2. The Balaban J connectivity index is 1.52. The van der Waals surface area contributed by atoms with E-state index in [1.807, 2.05) is 48.5 Å². The molecule has 3 aromatic rings. The van der Waals surface area contributed by atoms with Crippen LogP contribution >= 0.6 is 0 Å². The van der Waals surface area contributed by atoms with Crippen molar-refractivity contribution >= 4 is 28.5 Å². The number of benzene rings is 3. The van der Waals surface area contributed by atoms with Crippen LogP contribution in [0.15, 0.2) is 65.6 Å². The summed E-state index contributed by atoms with van der Waals surface area (Å²) in [6.45, 7) is 1.49. The van der Waals surface area contributed by atoms with Crippen LogP contribution in [0.5, 0.6) is 17.2 Å². The van der Waals surface area contributed by atoms with Crippen molar-refractivity contribution in [3.05, 3.63) is 71.8 Å². The molecule has 172 valence electrons. The second-order valence-corrected chi connectivity index (χ2v) is 8.86. The van der Waals surface area contributed by atoms with Gasteiger partial charge in [0.2, 0.25) is 0 Å². The molecule has 0 aliphatic carbocycles. The first-order valence-corrected chi connectivity index (χ1v) is 12.0. The molecule has 1 aliphatic heterocycles. The van der Waals surface area contributed by atoms with Crippen LogP contribution in [0.1, 0.15) is 15.9 Å². The first-order valence-electron chi connectivity index (χ1n) is 10.5. The van der Waals surface area contributed by atoms with Gasteiger partial charge in [0.1, 0.15) is 18.6 Å². The number of hydrogen-bond acceptors (Lipinski definition) is 6. The number of ether oxygens (including phenoxy) is 3. The standard InChI is InChI=1S/C25H26N2O5S/c1-30-22-6-4-5-21(24(22)31-2)27-13-14-32-23-15-18(9-12-20(23)27)25(28)26-16-17-7-10-19(11-8-17)33(3)29/h4-12,15H,13-14,16H2,1-3H3,(H,26,28). The summed E-state index contributed by atoms with van der Waals surface area (Å²) < 4.78 is 28.4. The van der Waals surface area contributed by atoms with Gasteiger partial charge >= 0.3 is 0 Å². The zero-order chi connectivity index (χ0) is 23.4. The quantitative estimate of drug-likeness (QED) is 0.532. The summed E-state index contributed by atoms with van der Waals surface area (Å²) in [4.78, 5) is 15.6. The molecule has 1 unspecified atom stereocenters. The normalized spacial score (nSPS) is 13.5. The molecule has 1 N–H and O–H groups in total. The van der Waals surface area contributed by atoms with E-state index in [-0.39, 0.29) is 5.91 Å². The Morgan fingerprint density at radius 2 is 1.88 bits per heavy atom. The van der Waals surface area contributed by atoms with Gasteiger partial charge in [-0.15, -0.1) is 0 Å². The summed E-state index contributed by atoms with van der Waals surface area (Å²) >= 11 is -1.02. The van der Waals surface area contributed by atoms with Crippen molar-refractivity contribution in [3.8, 4) is 17.2 Å². The van der Waals surface area contributed by atoms with Crippen LogP contribution in [0.3, 0.4) is 0 Å². The fourth-order valence-corrected chi connectivity index (χ4v) is 4.30. The highest BCUT2D eigenvalue weighted by molar-refractivity contribution is 7.90. The monoisotopic (exact) mass is 466 g/mol. The summed E-state index contributed by atoms with van der Waals surface area (Å²) in [5, 5.41) is 2.93. The molecule has 0 bridgehead atoms. The maximum absolute atomic E-state index is 12.7. The van der Waals surface area contributed by atoms with Gasteiger partial charge in [0.25, 0.3) is 5.91 Å². The molecule has 0 spiro atoms. The van der Waals surface area contributed by atoms with E-state index < -0.39 is 11.2 Å². The fourth-order valence-electron chi connectivity index (χ4n) is 3.78. The zero-order valence-electron chi connectivity index (χ0n) is 18.8. The topological polar surface area (TPSA) is 83.1 Å². The molecule has 8 heteroatoms. The largest absolute Gasteiger partial charge is 0.612 e. The van der Waals surface area contributed by atoms with E-state index in [1.54, 1.807) is 32.6 Å². The minimum atomic E-state index is -1.02. The number of carbonyl (C=O) groups is 1. The minimum absolute atomic E-state index is 0.194. The molecule has 0 fully saturated rings. The predicted molar refractivity (Wildman–Crippen MR) is 128 cm³/mol. The molecule has 1 atom stereocenters. The molecule has 0 radical (unpaired) electrons. The highest BCUT2D eigenvalue weighted by atomic mass is 32.2. The Hall–Kier alpha value is -3.36. The van der Waals surface area contributed by atoms with E-state index in [1.165, 1.54) is 0 Å². The van der Waals surface area contributed by atoms with Gasteiger partial charge in [0.05, 0.1) is 32.1 Å². The van der Waals surface area contributed by atoms with Gasteiger partial charge in [-0.1, -0.05) is 18.2 Å². The highest BCUT2D eigenvalue weighted by Gasteiger charge is 2.24. The molecular formula is C25H26N2O5S. The molecular weight excluding hydrogens is 440 g/mol. The number of methoxy groups -OCH3 is 2. The van der Waals surface area contributed by atoms with Gasteiger partial charge in [-0.25, -0.2) is 0 Å². The Morgan fingerprint density at radius 1 is 1.09 bits per heavy atom. The fraction of sp³-hybridized carbons (Fsp3) is 0.240. The SMILES string of the molecule is COc1cccc(N2CCOc3cc(C(=O)NCc4ccc([S+](C)[O-])cc4)ccc32)c1OC. The summed E-state index contributed by atoms with van der Waals surface area (Å²) in [6.07, 6.45) is 1.64. The lowest BCUT2D eigenvalue weighted by molar-refractivity contribution is 0.0950. The highest BCUT2D eigenvalue weighted by Crippen LogP contribution is 2.44. The zero-order valence-corrected chi connectivity index (χ0v) is 19.6. The lowest BCUT2D eigenvalue weighted by Gasteiger charge is -2.32. The van der Waals surface area contributed by atoms with Crippen molar-refractivity contribution < 1.29 is 23.6 Å². The van der Waals surface area contributed by atoms with Gasteiger partial charge in [-0.2, -0.15) is 0 Å². The molecule has 4 rings (SSSR count). The van der Waals surface area contributed by atoms with Gasteiger partial charge in [0.15, 0.2) is 16.4 Å². The van der Waals surface area contributed by atoms with Crippen LogP contribution in [0.4, 0.5) is 11.4 Å². The Labute approximate surface area is 196 Å². The molecule has 1 amide bonds. The molecule has 0 aromatic heterocycles. The summed E-state index contributed by atoms with van der Waals surface area (Å²) in [7, 11) is 3.23. The van der Waals surface area contributed by atoms with E-state index in [4.69, 9.17) is 14.2 Å². The second kappa shape index (κ2) is 10.1. The number of nitrogens with one attached hydrogen (secondary N) is 1. The Bertz CT molecular complexity index is 1130. The number of para-hydroxylation sites is 1. The molecule has 1 aliphatic rings. The lowest BCUT2D eigenvalue weighted by Crippen LogP contribution is -2.29. The van der Waals surface area contributed by atoms with Crippen LogP contribution in [-0.2, 0) is 17.7 Å². The van der Waals surface area contributed by atoms with E-state index in [9.17, 15) is 9.35 Å². The number of carbonyl (C=O) groups excluding carboxylic acids is 1. The number of hydrogen-bond donors (Lipinski definition) is 1. The van der Waals surface area contributed by atoms with Crippen LogP contribution in [-0.4, -0.2) is 44.1 Å². The van der Waals surface area contributed by atoms with Crippen molar-refractivity contribution in [2.24, 2.45) is 0 Å². The third-order valence-electron chi connectivity index (χ3n) is 5.47. The van der Waals surface area contributed by atoms with Gasteiger partial charge in [0, 0.05) is 12.1 Å². The molecule has 3 aromatic carbocycles. The third kappa shape index (κ3) is 4.86. The average Bonchev–Trinajstić information content (AvgIpc) is 2.86. The average molecular weight is 467 g/mol. The number of amides is 1. The molecule has 0 saturated carbocycles. The van der Waals surface area contributed by atoms with Crippen LogP contribution in [0, 0.1) is 0 Å². The lowest BCUT2D eigenvalue weighted by atomic mass is 10.1. The van der Waals surface area contributed by atoms with Crippen LogP contribution < -0.4 is 24.4 Å². The number of nitrogens with zero attached hydrogens (tertiary/aromatic N) is 1. The molecule has 0 saturated heterocycles. The van der Waals surface area contributed by atoms with Gasteiger partial charge in [-0.05, 0) is 59.2 Å². The van der Waals surface area contributed by atoms with E-state index >= 15 is 0 Å². The molecule has 7 nitrogen and oxygen atoms in total. The Kier molecular flexibility index (Phi) is 6.96. The van der Waals surface area contributed by atoms with Crippen LogP contribution in [0.25, 0.3) is 0 Å². The number of fused-ring (bicyclic) bond motifs is 1. The van der Waals surface area contributed by atoms with Crippen molar-refractivity contribution in [2.75, 3.05) is 38.5 Å². The number of rotatable bonds is 7. The maximum atomic E-state index is 12.7. The van der Waals surface area contributed by atoms with Crippen molar-refractivity contribution in [1.29, 1.82) is 0 Å². The summed E-state index contributed by atoms with van der Waals surface area (Å²) in [5.41, 5.74) is 3.17. The van der Waals surface area contributed by atoms with E-state index in [0.29, 0.717) is 42.5 Å².